The molecular formula is C12H11N7. The number of nitrogens with zero attached hydrogens (tertiary/aromatic N) is 4. The summed E-state index contributed by atoms with van der Waals surface area (Å²) in [5.74, 6) is 0.520. The fourth-order valence-electron chi connectivity index (χ4n) is 1.77. The maximum atomic E-state index is 5.66. The molecule has 2 heterocycles. The summed E-state index contributed by atoms with van der Waals surface area (Å²) in [4.78, 5) is 4.06. The summed E-state index contributed by atoms with van der Waals surface area (Å²) >= 11 is 0. The summed E-state index contributed by atoms with van der Waals surface area (Å²) < 4.78 is 0. The maximum absolute atomic E-state index is 5.66. The third-order valence-corrected chi connectivity index (χ3v) is 2.71. The van der Waals surface area contributed by atoms with Gasteiger partial charge in [-0.3, -0.25) is 10.1 Å². The van der Waals surface area contributed by atoms with Gasteiger partial charge in [0.05, 0.1) is 5.69 Å². The minimum atomic E-state index is 0.225. The Labute approximate surface area is 108 Å². The highest BCUT2D eigenvalue weighted by molar-refractivity contribution is 5.91. The van der Waals surface area contributed by atoms with Crippen molar-refractivity contribution in [2.45, 2.75) is 0 Å². The van der Waals surface area contributed by atoms with Gasteiger partial charge in [-0.2, -0.15) is 5.10 Å². The summed E-state index contributed by atoms with van der Waals surface area (Å²) in [6.07, 6.45) is 3.48. The van der Waals surface area contributed by atoms with E-state index in [1.54, 1.807) is 12.4 Å². The van der Waals surface area contributed by atoms with E-state index in [1.807, 2.05) is 24.3 Å². The molecule has 0 amide bonds. The quantitative estimate of drug-likeness (QED) is 0.608. The number of fused-ring (bicyclic) bond motifs is 1. The Kier molecular flexibility index (Phi) is 2.57. The number of benzene rings is 1. The van der Waals surface area contributed by atoms with Crippen molar-refractivity contribution in [2.75, 3.05) is 11.5 Å². The van der Waals surface area contributed by atoms with Gasteiger partial charge in [-0.15, -0.1) is 10.2 Å². The second-order valence-electron chi connectivity index (χ2n) is 3.95. The van der Waals surface area contributed by atoms with Crippen LogP contribution in [0.4, 0.5) is 23.0 Å². The highest BCUT2D eigenvalue weighted by Gasteiger charge is 2.07. The largest absolute Gasteiger partial charge is 0.382 e. The number of nitrogens with two attached hydrogens (primary N) is 2. The van der Waals surface area contributed by atoms with E-state index in [9.17, 15) is 0 Å². The molecule has 1 aromatic carbocycles. The lowest BCUT2D eigenvalue weighted by atomic mass is 10.1. The Morgan fingerprint density at radius 1 is 1.11 bits per heavy atom. The Bertz CT molecular complexity index is 735. The summed E-state index contributed by atoms with van der Waals surface area (Å²) in [7, 11) is 0. The molecule has 0 aliphatic heterocycles. The van der Waals surface area contributed by atoms with Crippen molar-refractivity contribution in [2.24, 2.45) is 10.2 Å². The van der Waals surface area contributed by atoms with Crippen LogP contribution in [-0.4, -0.2) is 15.2 Å². The van der Waals surface area contributed by atoms with E-state index >= 15 is 0 Å². The van der Waals surface area contributed by atoms with Crippen LogP contribution in [-0.2, 0) is 0 Å². The number of azo groups is 1. The maximum Gasteiger partial charge on any atom is 0.175 e. The zero-order valence-corrected chi connectivity index (χ0v) is 9.91. The molecule has 0 fully saturated rings. The minimum Gasteiger partial charge on any atom is -0.382 e. The minimum absolute atomic E-state index is 0.225. The van der Waals surface area contributed by atoms with Gasteiger partial charge in [-0.25, -0.2) is 0 Å². The highest BCUT2D eigenvalue weighted by atomic mass is 15.2. The van der Waals surface area contributed by atoms with Crippen molar-refractivity contribution >= 4 is 33.8 Å². The fourth-order valence-corrected chi connectivity index (χ4v) is 1.77. The van der Waals surface area contributed by atoms with Gasteiger partial charge >= 0.3 is 0 Å². The monoisotopic (exact) mass is 253 g/mol. The van der Waals surface area contributed by atoms with Gasteiger partial charge in [0.15, 0.2) is 11.5 Å². The molecule has 7 heteroatoms. The molecule has 3 rings (SSSR count). The average molecular weight is 253 g/mol. The number of H-pyrrole nitrogens is 1. The number of nitrogen functional groups attached to an aromatic ring is 2. The normalized spacial score (nSPS) is 11.4. The molecule has 94 valence electrons. The van der Waals surface area contributed by atoms with Gasteiger partial charge in [0.25, 0.3) is 0 Å². The van der Waals surface area contributed by atoms with E-state index in [0.29, 0.717) is 11.5 Å². The molecule has 0 radical (unpaired) electrons. The van der Waals surface area contributed by atoms with Crippen molar-refractivity contribution in [1.29, 1.82) is 0 Å². The van der Waals surface area contributed by atoms with E-state index in [1.165, 1.54) is 0 Å². The van der Waals surface area contributed by atoms with Crippen molar-refractivity contribution in [3.05, 3.63) is 36.7 Å². The summed E-state index contributed by atoms with van der Waals surface area (Å²) in [6.45, 7) is 0. The molecule has 0 aliphatic carbocycles. The molecule has 0 unspecified atom stereocenters. The van der Waals surface area contributed by atoms with E-state index in [0.717, 1.165) is 16.5 Å². The number of hydrogen-bond acceptors (Lipinski definition) is 6. The Balaban J connectivity index is 2.07. The van der Waals surface area contributed by atoms with Crippen molar-refractivity contribution < 1.29 is 0 Å². The Hall–Kier alpha value is -2.96. The van der Waals surface area contributed by atoms with Crippen LogP contribution in [0.1, 0.15) is 0 Å². The Morgan fingerprint density at radius 3 is 2.79 bits per heavy atom. The van der Waals surface area contributed by atoms with Crippen LogP contribution in [0, 0.1) is 0 Å². The molecule has 5 N–H and O–H groups in total. The van der Waals surface area contributed by atoms with Crippen LogP contribution in [0.2, 0.25) is 0 Å². The smallest absolute Gasteiger partial charge is 0.175 e. The van der Waals surface area contributed by atoms with Crippen LogP contribution >= 0.6 is 0 Å². The zero-order valence-electron chi connectivity index (χ0n) is 9.91. The SMILES string of the molecule is Nc1n[nH]c(N)c1N=Nc1cccc2cnccc12. The van der Waals surface area contributed by atoms with Crippen LogP contribution in [0.25, 0.3) is 10.8 Å². The van der Waals surface area contributed by atoms with Crippen LogP contribution in [0.3, 0.4) is 0 Å². The van der Waals surface area contributed by atoms with Crippen molar-refractivity contribution in [1.82, 2.24) is 15.2 Å². The third kappa shape index (κ3) is 1.97. The number of rotatable bonds is 2. The van der Waals surface area contributed by atoms with Gasteiger partial charge in [0.2, 0.25) is 0 Å². The van der Waals surface area contributed by atoms with Crippen LogP contribution < -0.4 is 11.5 Å². The zero-order chi connectivity index (χ0) is 13.2. The molecule has 0 spiro atoms. The molecular weight excluding hydrogens is 242 g/mol. The first-order chi connectivity index (χ1) is 9.25. The predicted molar refractivity (Wildman–Crippen MR) is 73.3 cm³/mol. The molecule has 2 aromatic heterocycles. The Morgan fingerprint density at radius 2 is 2.00 bits per heavy atom. The second kappa shape index (κ2) is 4.37. The average Bonchev–Trinajstić information content (AvgIpc) is 2.76. The topological polar surface area (TPSA) is 118 Å². The number of nitrogens with one attached hydrogen (secondary N) is 1. The van der Waals surface area contributed by atoms with Crippen molar-refractivity contribution in [3.8, 4) is 0 Å². The van der Waals surface area contributed by atoms with E-state index in [4.69, 9.17) is 11.5 Å². The number of aromatic nitrogens is 3. The van der Waals surface area contributed by atoms with Gasteiger partial charge < -0.3 is 11.5 Å². The lowest BCUT2D eigenvalue weighted by Crippen LogP contribution is -1.84. The molecule has 0 saturated carbocycles. The highest BCUT2D eigenvalue weighted by Crippen LogP contribution is 2.30. The second-order valence-corrected chi connectivity index (χ2v) is 3.95. The molecule has 7 nitrogen and oxygen atoms in total. The van der Waals surface area contributed by atoms with Crippen LogP contribution in [0.5, 0.6) is 0 Å². The van der Waals surface area contributed by atoms with Crippen LogP contribution in [0.15, 0.2) is 46.9 Å². The molecule has 0 aliphatic rings. The van der Waals surface area contributed by atoms with Gasteiger partial charge in [0, 0.05) is 23.2 Å². The fraction of sp³-hybridized carbons (Fsp3) is 0. The van der Waals surface area contributed by atoms with Gasteiger partial charge in [-0.05, 0) is 12.1 Å². The van der Waals surface area contributed by atoms with Gasteiger partial charge in [0.1, 0.15) is 5.82 Å². The van der Waals surface area contributed by atoms with Crippen molar-refractivity contribution in [3.63, 3.8) is 0 Å². The summed E-state index contributed by atoms with van der Waals surface area (Å²) in [5.41, 5.74) is 12.4. The molecule has 0 bridgehead atoms. The number of anilines is 2. The first kappa shape index (κ1) is 11.1. The molecule has 19 heavy (non-hydrogen) atoms. The predicted octanol–water partition coefficient (Wildman–Crippen LogP) is 2.54. The standard InChI is InChI=1S/C12H11N7/c13-11-10(12(14)19-18-11)17-16-9-3-1-2-7-6-15-5-4-8(7)9/h1-6H,(H5,13,14,18,19). The number of pyridine rings is 1. The first-order valence-electron chi connectivity index (χ1n) is 5.59. The molecule has 3 aromatic rings. The van der Waals surface area contributed by atoms with E-state index < -0.39 is 0 Å². The molecule has 0 atom stereocenters. The van der Waals surface area contributed by atoms with E-state index in [-0.39, 0.29) is 5.82 Å². The number of hydrogen-bond donors (Lipinski definition) is 3. The van der Waals surface area contributed by atoms with Gasteiger partial charge in [-0.1, -0.05) is 12.1 Å². The molecule has 0 saturated heterocycles. The first-order valence-corrected chi connectivity index (χ1v) is 5.59. The lowest BCUT2D eigenvalue weighted by molar-refractivity contribution is 1.11. The lowest BCUT2D eigenvalue weighted by Gasteiger charge is -1.99. The summed E-state index contributed by atoms with van der Waals surface area (Å²) in [5, 5.41) is 16.5. The summed E-state index contributed by atoms with van der Waals surface area (Å²) in [6, 6.07) is 7.59. The number of aromatic amines is 1. The third-order valence-electron chi connectivity index (χ3n) is 2.71. The van der Waals surface area contributed by atoms with E-state index in [2.05, 4.69) is 25.4 Å².